The van der Waals surface area contributed by atoms with E-state index in [2.05, 4.69) is 4.74 Å². The van der Waals surface area contributed by atoms with Gasteiger partial charge in [0.1, 0.15) is 11.5 Å². The third kappa shape index (κ3) is 5.22. The fourth-order valence-electron chi connectivity index (χ4n) is 4.11. The molecule has 2 aliphatic rings. The number of hydrogen-bond acceptors (Lipinski definition) is 4. The summed E-state index contributed by atoms with van der Waals surface area (Å²) in [6.07, 6.45) is -0.140. The highest BCUT2D eigenvalue weighted by Crippen LogP contribution is 2.40. The summed E-state index contributed by atoms with van der Waals surface area (Å²) < 4.78 is 48.2. The third-order valence-electron chi connectivity index (χ3n) is 5.50. The first-order valence-electron chi connectivity index (χ1n) is 10.0. The fourth-order valence-corrected chi connectivity index (χ4v) is 4.11. The van der Waals surface area contributed by atoms with Gasteiger partial charge in [-0.1, -0.05) is 30.3 Å². The van der Waals surface area contributed by atoms with E-state index in [4.69, 9.17) is 10.6 Å². The van der Waals surface area contributed by atoms with Crippen molar-refractivity contribution in [2.24, 2.45) is 11.8 Å². The summed E-state index contributed by atoms with van der Waals surface area (Å²) in [5.74, 6) is 6.92. The van der Waals surface area contributed by atoms with Gasteiger partial charge in [-0.2, -0.15) is 0 Å². The second-order valence-corrected chi connectivity index (χ2v) is 7.83. The van der Waals surface area contributed by atoms with Crippen molar-refractivity contribution in [3.63, 3.8) is 0 Å². The Morgan fingerprint density at radius 1 is 1.03 bits per heavy atom. The summed E-state index contributed by atoms with van der Waals surface area (Å²) in [5.41, 5.74) is 1.85. The van der Waals surface area contributed by atoms with Gasteiger partial charge in [0.05, 0.1) is 12.1 Å². The van der Waals surface area contributed by atoms with Crippen LogP contribution in [0.5, 0.6) is 11.5 Å². The molecule has 2 atom stereocenters. The predicted molar refractivity (Wildman–Crippen MR) is 103 cm³/mol. The molecule has 2 aromatic carbocycles. The van der Waals surface area contributed by atoms with E-state index in [1.54, 1.807) is 6.07 Å². The quantitative estimate of drug-likeness (QED) is 0.686. The van der Waals surface area contributed by atoms with E-state index in [1.165, 1.54) is 12.1 Å². The van der Waals surface area contributed by atoms with Crippen LogP contribution in [0.2, 0.25) is 0 Å². The minimum Gasteiger partial charge on any atom is -0.490 e. The number of halogens is 3. The molecule has 2 unspecified atom stereocenters. The number of ether oxygens (including phenoxy) is 2. The molecule has 1 heterocycles. The van der Waals surface area contributed by atoms with Crippen LogP contribution < -0.4 is 15.3 Å². The van der Waals surface area contributed by atoms with Crippen LogP contribution >= 0.6 is 0 Å². The molecule has 1 aliphatic heterocycles. The summed E-state index contributed by atoms with van der Waals surface area (Å²) in [5, 5.41) is 1.85. The van der Waals surface area contributed by atoms with Gasteiger partial charge in [-0.3, -0.25) is 5.84 Å². The lowest BCUT2D eigenvalue weighted by molar-refractivity contribution is -0.274. The molecule has 1 saturated carbocycles. The van der Waals surface area contributed by atoms with Gasteiger partial charge in [-0.05, 0) is 67.3 Å². The molecular formula is C22H25F3N2O2. The van der Waals surface area contributed by atoms with Gasteiger partial charge < -0.3 is 9.47 Å². The smallest absolute Gasteiger partial charge is 0.490 e. The van der Waals surface area contributed by atoms with Crippen LogP contribution in [0.3, 0.4) is 0 Å². The highest BCUT2D eigenvalue weighted by Gasteiger charge is 2.34. The summed E-state index contributed by atoms with van der Waals surface area (Å²) >= 11 is 0. The largest absolute Gasteiger partial charge is 0.573 e. The monoisotopic (exact) mass is 406 g/mol. The molecule has 2 fully saturated rings. The van der Waals surface area contributed by atoms with Gasteiger partial charge in [0, 0.05) is 6.54 Å². The number of nitrogens with two attached hydrogens (primary N) is 1. The van der Waals surface area contributed by atoms with Crippen LogP contribution in [-0.4, -0.2) is 24.0 Å². The lowest BCUT2D eigenvalue weighted by Gasteiger charge is -2.39. The average molecular weight is 406 g/mol. The maximum atomic E-state index is 12.7. The zero-order chi connectivity index (χ0) is 20.4. The number of benzene rings is 2. The van der Waals surface area contributed by atoms with Crippen molar-refractivity contribution in [2.45, 2.75) is 50.6 Å². The number of hydrazine groups is 1. The van der Waals surface area contributed by atoms with Crippen LogP contribution in [0.4, 0.5) is 13.2 Å². The van der Waals surface area contributed by atoms with Crippen molar-refractivity contribution in [3.05, 3.63) is 59.7 Å². The first-order chi connectivity index (χ1) is 13.9. The maximum Gasteiger partial charge on any atom is 0.573 e. The van der Waals surface area contributed by atoms with Crippen LogP contribution in [0, 0.1) is 5.92 Å². The van der Waals surface area contributed by atoms with E-state index < -0.39 is 6.36 Å². The molecule has 0 bridgehead atoms. The Hall–Kier alpha value is -2.25. The minimum atomic E-state index is -4.72. The van der Waals surface area contributed by atoms with Crippen molar-refractivity contribution < 1.29 is 22.6 Å². The second kappa shape index (κ2) is 8.24. The Bertz CT molecular complexity index is 825. The Kier molecular flexibility index (Phi) is 5.69. The maximum absolute atomic E-state index is 12.7. The summed E-state index contributed by atoms with van der Waals surface area (Å²) in [6, 6.07) is 14.4. The van der Waals surface area contributed by atoms with E-state index in [-0.39, 0.29) is 23.8 Å². The molecule has 0 amide bonds. The van der Waals surface area contributed by atoms with E-state index in [0.29, 0.717) is 12.2 Å². The first kappa shape index (κ1) is 20.0. The standard InChI is InChI=1S/C22H25F3N2O2/c23-22(24,25)29-19-10-11-20(28-18-8-9-18)17(14-19)13-16-7-4-12-27(26)21(16)15-5-2-1-3-6-15/h1-3,5-6,10-11,14,16,18,21H,4,7-9,12-13,26H2. The topological polar surface area (TPSA) is 47.7 Å². The minimum absolute atomic E-state index is 0.00548. The summed E-state index contributed by atoms with van der Waals surface area (Å²) in [4.78, 5) is 0. The van der Waals surface area contributed by atoms with Crippen molar-refractivity contribution in [1.82, 2.24) is 5.01 Å². The van der Waals surface area contributed by atoms with Gasteiger partial charge in [-0.25, -0.2) is 5.01 Å². The average Bonchev–Trinajstić information content (AvgIpc) is 3.48. The van der Waals surface area contributed by atoms with Gasteiger partial charge >= 0.3 is 6.36 Å². The van der Waals surface area contributed by atoms with Crippen LogP contribution in [0.25, 0.3) is 0 Å². The molecule has 4 rings (SSSR count). The van der Waals surface area contributed by atoms with Gasteiger partial charge in [0.2, 0.25) is 0 Å². The summed E-state index contributed by atoms with van der Waals surface area (Å²) in [6.45, 7) is 0.790. The van der Waals surface area contributed by atoms with E-state index in [0.717, 1.165) is 43.4 Å². The predicted octanol–water partition coefficient (Wildman–Crippen LogP) is 5.00. The molecule has 1 aliphatic carbocycles. The zero-order valence-corrected chi connectivity index (χ0v) is 16.1. The molecule has 0 spiro atoms. The Morgan fingerprint density at radius 2 is 1.79 bits per heavy atom. The lowest BCUT2D eigenvalue weighted by Crippen LogP contribution is -2.44. The van der Waals surface area contributed by atoms with Crippen molar-refractivity contribution in [3.8, 4) is 11.5 Å². The molecule has 29 heavy (non-hydrogen) atoms. The van der Waals surface area contributed by atoms with Crippen LogP contribution in [-0.2, 0) is 6.42 Å². The molecular weight excluding hydrogens is 381 g/mol. The van der Waals surface area contributed by atoms with E-state index in [9.17, 15) is 13.2 Å². The fraction of sp³-hybridized carbons (Fsp3) is 0.455. The molecule has 7 heteroatoms. The molecule has 4 nitrogen and oxygen atoms in total. The van der Waals surface area contributed by atoms with Crippen molar-refractivity contribution in [2.75, 3.05) is 6.54 Å². The van der Waals surface area contributed by atoms with Gasteiger partial charge in [-0.15, -0.1) is 13.2 Å². The van der Waals surface area contributed by atoms with Crippen molar-refractivity contribution in [1.29, 1.82) is 0 Å². The second-order valence-electron chi connectivity index (χ2n) is 7.83. The molecule has 2 N–H and O–H groups in total. The normalized spacial score (nSPS) is 23.0. The number of piperidine rings is 1. The Balaban J connectivity index is 1.62. The molecule has 0 aromatic heterocycles. The number of hydrogen-bond donors (Lipinski definition) is 1. The highest BCUT2D eigenvalue weighted by atomic mass is 19.4. The van der Waals surface area contributed by atoms with Crippen molar-refractivity contribution >= 4 is 0 Å². The third-order valence-corrected chi connectivity index (χ3v) is 5.50. The van der Waals surface area contributed by atoms with E-state index in [1.807, 2.05) is 35.3 Å². The number of nitrogens with zero attached hydrogens (tertiary/aromatic N) is 1. The van der Waals surface area contributed by atoms with E-state index >= 15 is 0 Å². The van der Waals surface area contributed by atoms with Crippen LogP contribution in [0.1, 0.15) is 42.9 Å². The zero-order valence-electron chi connectivity index (χ0n) is 16.1. The number of alkyl halides is 3. The molecule has 0 radical (unpaired) electrons. The molecule has 1 saturated heterocycles. The number of rotatable bonds is 6. The lowest BCUT2D eigenvalue weighted by atomic mass is 9.81. The Morgan fingerprint density at radius 3 is 2.48 bits per heavy atom. The van der Waals surface area contributed by atoms with Crippen LogP contribution in [0.15, 0.2) is 48.5 Å². The Labute approximate surface area is 168 Å². The summed E-state index contributed by atoms with van der Waals surface area (Å²) in [7, 11) is 0. The van der Waals surface area contributed by atoms with Gasteiger partial charge in [0.15, 0.2) is 0 Å². The van der Waals surface area contributed by atoms with Gasteiger partial charge in [0.25, 0.3) is 0 Å². The highest BCUT2D eigenvalue weighted by molar-refractivity contribution is 5.41. The molecule has 2 aromatic rings. The first-order valence-corrected chi connectivity index (χ1v) is 10.0. The SMILES string of the molecule is NN1CCCC(Cc2cc(OC(F)(F)F)ccc2OC2CC2)C1c1ccccc1. The molecule has 156 valence electrons.